The lowest BCUT2D eigenvalue weighted by atomic mass is 9.97. The van der Waals surface area contributed by atoms with Crippen molar-refractivity contribution in [3.63, 3.8) is 0 Å². The van der Waals surface area contributed by atoms with Crippen molar-refractivity contribution in [2.75, 3.05) is 6.54 Å². The number of carboxylic acids is 2. The Kier molecular flexibility index (Phi) is 12.5. The molecule has 0 saturated heterocycles. The van der Waals surface area contributed by atoms with Gasteiger partial charge in [0.25, 0.3) is 0 Å². The monoisotopic (exact) mass is 445 g/mol. The van der Waals surface area contributed by atoms with Gasteiger partial charge in [0, 0.05) is 12.8 Å². The van der Waals surface area contributed by atoms with Gasteiger partial charge in [-0.2, -0.15) is 0 Å². The van der Waals surface area contributed by atoms with Gasteiger partial charge in [-0.05, 0) is 18.8 Å². The topological polar surface area (TPSA) is 231 Å². The zero-order valence-corrected chi connectivity index (χ0v) is 17.6. The van der Waals surface area contributed by atoms with Gasteiger partial charge in [-0.25, -0.2) is 4.79 Å². The Balaban J connectivity index is 5.49. The van der Waals surface area contributed by atoms with E-state index < -0.39 is 60.1 Å². The number of nitrogens with two attached hydrogens (primary N) is 2. The van der Waals surface area contributed by atoms with E-state index in [4.69, 9.17) is 16.6 Å². The van der Waals surface area contributed by atoms with Crippen molar-refractivity contribution >= 4 is 35.6 Å². The van der Waals surface area contributed by atoms with Crippen molar-refractivity contribution in [1.29, 1.82) is 0 Å². The number of carbonyl (C=O) groups is 6. The van der Waals surface area contributed by atoms with Crippen LogP contribution in [0.5, 0.6) is 0 Å². The summed E-state index contributed by atoms with van der Waals surface area (Å²) in [7, 11) is 0. The molecule has 4 atom stereocenters. The van der Waals surface area contributed by atoms with Crippen LogP contribution < -0.4 is 27.4 Å². The lowest BCUT2D eigenvalue weighted by Gasteiger charge is -2.27. The van der Waals surface area contributed by atoms with E-state index in [1.807, 2.05) is 0 Å². The maximum atomic E-state index is 12.7. The molecule has 0 bridgehead atoms. The van der Waals surface area contributed by atoms with Crippen molar-refractivity contribution < 1.29 is 39.0 Å². The third-order valence-electron chi connectivity index (χ3n) is 4.57. The fraction of sp³-hybridized carbons (Fsp3) is 0.667. The number of carbonyl (C=O) groups excluding carboxylic acids is 4. The molecule has 0 aliphatic heterocycles. The van der Waals surface area contributed by atoms with Crippen molar-refractivity contribution in [2.24, 2.45) is 17.4 Å². The number of primary amides is 1. The number of amides is 4. The molecule has 0 spiro atoms. The Morgan fingerprint density at radius 3 is 1.87 bits per heavy atom. The van der Waals surface area contributed by atoms with Gasteiger partial charge in [-0.1, -0.05) is 20.3 Å². The quantitative estimate of drug-likeness (QED) is 0.143. The maximum Gasteiger partial charge on any atom is 0.326 e. The van der Waals surface area contributed by atoms with Crippen LogP contribution in [0.1, 0.15) is 46.0 Å². The van der Waals surface area contributed by atoms with Crippen LogP contribution in [0.25, 0.3) is 0 Å². The minimum atomic E-state index is -1.51. The van der Waals surface area contributed by atoms with Crippen LogP contribution >= 0.6 is 0 Å². The van der Waals surface area contributed by atoms with Crippen molar-refractivity contribution in [2.45, 2.75) is 64.1 Å². The number of hydrogen-bond acceptors (Lipinski definition) is 7. The minimum Gasteiger partial charge on any atom is -0.481 e. The third-order valence-corrected chi connectivity index (χ3v) is 4.57. The Bertz CT molecular complexity index is 684. The normalized spacial score (nSPS) is 14.4. The fourth-order valence-corrected chi connectivity index (χ4v) is 2.55. The molecule has 0 radical (unpaired) electrons. The van der Waals surface area contributed by atoms with Crippen LogP contribution in [0.15, 0.2) is 0 Å². The maximum absolute atomic E-state index is 12.7. The summed E-state index contributed by atoms with van der Waals surface area (Å²) in [6.45, 7) is 3.14. The number of aliphatic carboxylic acids is 2. The largest absolute Gasteiger partial charge is 0.481 e. The molecule has 4 unspecified atom stereocenters. The smallest absolute Gasteiger partial charge is 0.326 e. The summed E-state index contributed by atoms with van der Waals surface area (Å²) >= 11 is 0. The van der Waals surface area contributed by atoms with Gasteiger partial charge in [0.05, 0.1) is 6.54 Å². The first kappa shape index (κ1) is 27.8. The van der Waals surface area contributed by atoms with Crippen LogP contribution in [0.3, 0.4) is 0 Å². The van der Waals surface area contributed by atoms with E-state index in [0.717, 1.165) is 0 Å². The second-order valence-corrected chi connectivity index (χ2v) is 7.03. The highest BCUT2D eigenvalue weighted by Crippen LogP contribution is 2.10. The van der Waals surface area contributed by atoms with Crippen LogP contribution in [0.4, 0.5) is 0 Å². The molecule has 13 heteroatoms. The third kappa shape index (κ3) is 10.9. The number of rotatable bonds is 15. The average molecular weight is 445 g/mol. The van der Waals surface area contributed by atoms with Gasteiger partial charge in [0.2, 0.25) is 23.6 Å². The van der Waals surface area contributed by atoms with Crippen LogP contribution in [-0.2, 0) is 28.8 Å². The summed E-state index contributed by atoms with van der Waals surface area (Å²) in [4.78, 5) is 70.1. The van der Waals surface area contributed by atoms with Crippen LogP contribution in [-0.4, -0.2) is 70.5 Å². The molecule has 0 fully saturated rings. The highest BCUT2D eigenvalue weighted by atomic mass is 16.4. The van der Waals surface area contributed by atoms with Gasteiger partial charge in [0.1, 0.15) is 18.1 Å². The fourth-order valence-electron chi connectivity index (χ4n) is 2.55. The van der Waals surface area contributed by atoms with E-state index >= 15 is 0 Å². The summed E-state index contributed by atoms with van der Waals surface area (Å²) in [5.41, 5.74) is 10.4. The number of carboxylic acid groups (broad SMARTS) is 2. The van der Waals surface area contributed by atoms with Gasteiger partial charge >= 0.3 is 11.9 Å². The molecule has 0 aliphatic rings. The summed E-state index contributed by atoms with van der Waals surface area (Å²) in [5, 5.41) is 25.0. The number of nitrogens with one attached hydrogen (secondary N) is 3. The highest BCUT2D eigenvalue weighted by Gasteiger charge is 2.31. The van der Waals surface area contributed by atoms with E-state index in [-0.39, 0.29) is 31.7 Å². The predicted octanol–water partition coefficient (Wildman–Crippen LogP) is -2.34. The van der Waals surface area contributed by atoms with Gasteiger partial charge in [0.15, 0.2) is 0 Å². The predicted molar refractivity (Wildman–Crippen MR) is 107 cm³/mol. The van der Waals surface area contributed by atoms with Crippen molar-refractivity contribution in [3.05, 3.63) is 0 Å². The van der Waals surface area contributed by atoms with E-state index in [0.29, 0.717) is 6.42 Å². The van der Waals surface area contributed by atoms with Gasteiger partial charge < -0.3 is 37.6 Å². The molecule has 9 N–H and O–H groups in total. The Morgan fingerprint density at radius 2 is 1.42 bits per heavy atom. The second kappa shape index (κ2) is 13.9. The average Bonchev–Trinajstić information content (AvgIpc) is 2.70. The first-order valence-electron chi connectivity index (χ1n) is 9.75. The van der Waals surface area contributed by atoms with Crippen LogP contribution in [0, 0.1) is 5.92 Å². The Morgan fingerprint density at radius 1 is 0.871 bits per heavy atom. The van der Waals surface area contributed by atoms with E-state index in [2.05, 4.69) is 16.0 Å². The van der Waals surface area contributed by atoms with Crippen LogP contribution in [0.2, 0.25) is 0 Å². The molecule has 0 aliphatic carbocycles. The van der Waals surface area contributed by atoms with Gasteiger partial charge in [-0.15, -0.1) is 0 Å². The molecule has 0 aromatic carbocycles. The standard InChI is InChI=1S/C18H31N5O8/c1-3-9(2)15(23-13(25)8-19)17(29)21-10(4-6-12(20)24)16(28)22-11(18(30)31)5-7-14(26)27/h9-11,15H,3-8,19H2,1-2H3,(H2,20,24)(H,21,29)(H,22,28)(H,23,25)(H,26,27)(H,30,31). The van der Waals surface area contributed by atoms with Crippen molar-refractivity contribution in [3.8, 4) is 0 Å². The summed E-state index contributed by atoms with van der Waals surface area (Å²) in [5.74, 6) is -6.01. The molecule has 0 saturated carbocycles. The molecular formula is C18H31N5O8. The molecule has 0 aromatic rings. The first-order chi connectivity index (χ1) is 14.4. The summed E-state index contributed by atoms with van der Waals surface area (Å²) in [6, 6.07) is -3.88. The number of hydrogen-bond donors (Lipinski definition) is 7. The lowest BCUT2D eigenvalue weighted by Crippen LogP contribution is -2.57. The molecule has 176 valence electrons. The highest BCUT2D eigenvalue weighted by molar-refractivity contribution is 5.94. The first-order valence-corrected chi connectivity index (χ1v) is 9.75. The lowest BCUT2D eigenvalue weighted by molar-refractivity contribution is -0.143. The minimum absolute atomic E-state index is 0.226. The molecule has 13 nitrogen and oxygen atoms in total. The zero-order chi connectivity index (χ0) is 24.1. The van der Waals surface area contributed by atoms with Crippen molar-refractivity contribution in [1.82, 2.24) is 16.0 Å². The molecule has 0 rings (SSSR count). The van der Waals surface area contributed by atoms with E-state index in [9.17, 15) is 33.9 Å². The molecule has 31 heavy (non-hydrogen) atoms. The van der Waals surface area contributed by atoms with Gasteiger partial charge in [-0.3, -0.25) is 24.0 Å². The molecule has 0 aromatic heterocycles. The summed E-state index contributed by atoms with van der Waals surface area (Å²) in [6.07, 6.45) is -0.881. The van der Waals surface area contributed by atoms with E-state index in [1.165, 1.54) is 0 Å². The Hall–Kier alpha value is -3.22. The molecular weight excluding hydrogens is 414 g/mol. The zero-order valence-electron chi connectivity index (χ0n) is 17.6. The second-order valence-electron chi connectivity index (χ2n) is 7.03. The SMILES string of the molecule is CCC(C)C(NC(=O)CN)C(=O)NC(CCC(N)=O)C(=O)NC(CCC(=O)O)C(=O)O. The van der Waals surface area contributed by atoms with E-state index in [1.54, 1.807) is 13.8 Å². The Labute approximate surface area is 179 Å². The molecule has 0 heterocycles. The summed E-state index contributed by atoms with van der Waals surface area (Å²) < 4.78 is 0. The molecule has 4 amide bonds.